The molecule has 0 radical (unpaired) electrons. The molecule has 7 N–H and O–H groups in total. The van der Waals surface area contributed by atoms with Crippen molar-refractivity contribution in [1.82, 2.24) is 46.4 Å². The van der Waals surface area contributed by atoms with Gasteiger partial charge in [-0.2, -0.15) is 0 Å². The van der Waals surface area contributed by atoms with Crippen LogP contribution in [0.2, 0.25) is 0 Å². The zero-order valence-electron chi connectivity index (χ0n) is 42.3. The molecule has 0 saturated carbocycles. The van der Waals surface area contributed by atoms with Gasteiger partial charge in [0.05, 0.1) is 55.3 Å². The molecule has 398 valence electrons. The standard InChI is InChI=1S/C51H58FN9O14/c1-3-51(72)35-20-39-46-33(26-61(39)48(69)34(35)27-75-49(51)70)32(31-18-29(2)36(52)21-37(31)59-46)22-56-50(71)74-17-16-73-28-57-42(64)24-55-47(68)38(19-30-10-6-4-7-11-30)58-43(65)25-54-41(63)23-53-40(62)12-8-5-9-15-60-44(66)13-14-45(60)67/h4,6-7,10-11,18,20-21,38,72H,3,5,8-9,12-17,19,22-28H2,1-2H3,(H,53,62)(H,54,63)(H,55,68)(H,56,71)(H,57,64)(H,58,65)/t38-,51-/m0/s1/i13T/t13?,38-,51-. The smallest absolute Gasteiger partial charge is 0.407 e. The number of hydrogen-bond donors (Lipinski definition) is 7. The van der Waals surface area contributed by atoms with Gasteiger partial charge in [0.2, 0.25) is 41.4 Å². The minimum absolute atomic E-state index is 0.0273. The van der Waals surface area contributed by atoms with Gasteiger partial charge in [-0.15, -0.1) is 0 Å². The lowest BCUT2D eigenvalue weighted by molar-refractivity contribution is -0.172. The Morgan fingerprint density at radius 1 is 0.880 bits per heavy atom. The van der Waals surface area contributed by atoms with E-state index in [0.29, 0.717) is 58.3 Å². The molecule has 23 nitrogen and oxygen atoms in total. The molecular weight excluding hydrogens is 982 g/mol. The van der Waals surface area contributed by atoms with Crippen molar-refractivity contribution in [1.29, 1.82) is 0 Å². The number of imide groups is 1. The Bertz CT molecular complexity index is 3010. The van der Waals surface area contributed by atoms with Gasteiger partial charge in [0, 0.05) is 62.7 Å². The number of alkyl carbamates (subject to hydrolysis) is 1. The van der Waals surface area contributed by atoms with Crippen molar-refractivity contribution >= 4 is 64.3 Å². The molecule has 4 aromatic rings. The van der Waals surface area contributed by atoms with Gasteiger partial charge in [-0.3, -0.25) is 43.3 Å². The predicted molar refractivity (Wildman–Crippen MR) is 262 cm³/mol. The van der Waals surface area contributed by atoms with Crippen molar-refractivity contribution in [3.63, 3.8) is 0 Å². The maximum atomic E-state index is 14.9. The minimum Gasteiger partial charge on any atom is -0.458 e. The van der Waals surface area contributed by atoms with Crippen LogP contribution in [-0.4, -0.2) is 125 Å². The number of likely N-dealkylation sites (tertiary alicyclic amines) is 1. The highest BCUT2D eigenvalue weighted by Crippen LogP contribution is 2.40. The molecule has 75 heavy (non-hydrogen) atoms. The number of amides is 8. The van der Waals surface area contributed by atoms with Crippen LogP contribution in [0.4, 0.5) is 9.18 Å². The Balaban J connectivity index is 0.817. The Morgan fingerprint density at radius 3 is 2.36 bits per heavy atom. The van der Waals surface area contributed by atoms with E-state index in [9.17, 15) is 57.4 Å². The number of nitrogens with zero attached hydrogens (tertiary/aromatic N) is 3. The van der Waals surface area contributed by atoms with E-state index < -0.39 is 96.6 Å². The van der Waals surface area contributed by atoms with Gasteiger partial charge in [0.1, 0.15) is 31.8 Å². The first-order chi connectivity index (χ1) is 36.4. The number of hydrogen-bond acceptors (Lipinski definition) is 15. The summed E-state index contributed by atoms with van der Waals surface area (Å²) in [6.07, 6.45) is -0.527. The predicted octanol–water partition coefficient (Wildman–Crippen LogP) is 0.629. The van der Waals surface area contributed by atoms with E-state index in [1.165, 1.54) is 16.7 Å². The molecule has 8 amide bonds. The van der Waals surface area contributed by atoms with Crippen LogP contribution in [0, 0.1) is 12.7 Å². The van der Waals surface area contributed by atoms with Gasteiger partial charge in [-0.1, -0.05) is 43.7 Å². The Kier molecular flexibility index (Phi) is 17.5. The third-order valence-electron chi connectivity index (χ3n) is 12.9. The molecule has 0 aliphatic carbocycles. The highest BCUT2D eigenvalue weighted by Gasteiger charge is 2.45. The van der Waals surface area contributed by atoms with Crippen molar-refractivity contribution in [2.75, 3.05) is 46.1 Å². The zero-order chi connectivity index (χ0) is 54.7. The van der Waals surface area contributed by atoms with Crippen LogP contribution in [-0.2, 0) is 84.3 Å². The second kappa shape index (κ2) is 24.7. The van der Waals surface area contributed by atoms with Crippen molar-refractivity contribution in [2.24, 2.45) is 0 Å². The lowest BCUT2D eigenvalue weighted by Crippen LogP contribution is -2.52. The monoisotopic (exact) mass is 1040 g/mol. The molecule has 3 aliphatic rings. The second-order valence-electron chi connectivity index (χ2n) is 18.0. The van der Waals surface area contributed by atoms with Crippen molar-refractivity contribution in [3.05, 3.63) is 98.1 Å². The molecule has 1 unspecified atom stereocenters. The average Bonchev–Trinajstić information content (AvgIpc) is 3.89. The largest absolute Gasteiger partial charge is 0.458 e. The molecule has 24 heteroatoms. The SMILES string of the molecule is [3H]C1CC(=O)N(CCCCCC(=O)NCC(=O)NCC(=O)N[C@@H](Cc2ccccc2)C(=O)NCC(=O)NCOCCOC(=O)NCc2c3c(nc4cc(F)c(C)cc24)-c2cc4c(c(=O)n2C3)COC(=O)[C@]4(O)CC)C1=O. The first-order valence-electron chi connectivity index (χ1n) is 24.9. The van der Waals surface area contributed by atoms with Gasteiger partial charge in [-0.25, -0.2) is 19.0 Å². The highest BCUT2D eigenvalue weighted by atomic mass is 19.1. The number of ether oxygens (including phenoxy) is 3. The third-order valence-corrected chi connectivity index (χ3v) is 12.9. The van der Waals surface area contributed by atoms with E-state index in [4.69, 9.17) is 20.6 Å². The number of aliphatic hydroxyl groups is 1. The van der Waals surface area contributed by atoms with Gasteiger partial charge < -0.3 is 55.8 Å². The number of cyclic esters (lactones) is 1. The minimum atomic E-state index is -2.05. The number of halogens is 1. The van der Waals surface area contributed by atoms with Crippen molar-refractivity contribution in [2.45, 2.75) is 96.5 Å². The molecule has 0 bridgehead atoms. The number of pyridine rings is 2. The second-order valence-corrected chi connectivity index (χ2v) is 18.0. The maximum absolute atomic E-state index is 14.9. The summed E-state index contributed by atoms with van der Waals surface area (Å²) < 4.78 is 39.7. The van der Waals surface area contributed by atoms with E-state index in [1.807, 2.05) is 0 Å². The van der Waals surface area contributed by atoms with Gasteiger partial charge in [0.25, 0.3) is 5.56 Å². The van der Waals surface area contributed by atoms with Crippen LogP contribution in [0.1, 0.15) is 86.6 Å². The number of esters is 1. The van der Waals surface area contributed by atoms with Gasteiger partial charge in [0.15, 0.2) is 5.60 Å². The first-order valence-corrected chi connectivity index (χ1v) is 24.3. The molecule has 2 aromatic carbocycles. The molecule has 2 aromatic heterocycles. The van der Waals surface area contributed by atoms with Gasteiger partial charge in [-0.05, 0) is 55.0 Å². The molecule has 1 saturated heterocycles. The Labute approximate surface area is 430 Å². The molecule has 0 spiro atoms. The van der Waals surface area contributed by atoms with Crippen LogP contribution >= 0.6 is 0 Å². The van der Waals surface area contributed by atoms with E-state index >= 15 is 0 Å². The summed E-state index contributed by atoms with van der Waals surface area (Å²) in [5.41, 5.74) is 0.657. The number of carbonyl (C=O) groups is 9. The fourth-order valence-electron chi connectivity index (χ4n) is 8.75. The number of fused-ring (bicyclic) bond motifs is 5. The van der Waals surface area contributed by atoms with Crippen LogP contribution in [0.5, 0.6) is 0 Å². The number of benzene rings is 2. The summed E-state index contributed by atoms with van der Waals surface area (Å²) in [6.45, 7) is 0.767. The summed E-state index contributed by atoms with van der Waals surface area (Å²) >= 11 is 0. The van der Waals surface area contributed by atoms with Crippen molar-refractivity contribution < 1.29 is 68.2 Å². The summed E-state index contributed by atoms with van der Waals surface area (Å²) in [4.78, 5) is 132. The van der Waals surface area contributed by atoms with Crippen LogP contribution < -0.4 is 37.5 Å². The fraction of sp³-hybridized carbons (Fsp3) is 0.431. The number of carbonyl (C=O) groups excluding carboxylic acids is 9. The molecular formula is C51H58FN9O14. The van der Waals surface area contributed by atoms with Crippen LogP contribution in [0.3, 0.4) is 0 Å². The fourth-order valence-corrected chi connectivity index (χ4v) is 8.75. The Morgan fingerprint density at radius 2 is 1.61 bits per heavy atom. The summed E-state index contributed by atoms with van der Waals surface area (Å²) in [5, 5.41) is 26.7. The third kappa shape index (κ3) is 13.4. The van der Waals surface area contributed by atoms with E-state index in [2.05, 4.69) is 31.9 Å². The average molecular weight is 1040 g/mol. The topological polar surface area (TPSA) is 312 Å². The lowest BCUT2D eigenvalue weighted by Gasteiger charge is -2.31. The maximum Gasteiger partial charge on any atom is 0.407 e. The zero-order valence-corrected chi connectivity index (χ0v) is 41.3. The summed E-state index contributed by atoms with van der Waals surface area (Å²) in [6, 6.07) is 11.9. The van der Waals surface area contributed by atoms with Gasteiger partial charge >= 0.3 is 12.1 Å². The van der Waals surface area contributed by atoms with E-state index in [0.717, 1.165) is 4.90 Å². The van der Waals surface area contributed by atoms with E-state index in [-0.39, 0.29) is 94.4 Å². The molecule has 7 rings (SSSR count). The lowest BCUT2D eigenvalue weighted by atomic mass is 9.86. The number of unbranched alkanes of at least 4 members (excludes halogenated alkanes) is 2. The quantitative estimate of drug-likeness (QED) is 0.0193. The van der Waals surface area contributed by atoms with Crippen LogP contribution in [0.15, 0.2) is 53.3 Å². The normalized spacial score (nSPS) is 17.0. The first kappa shape index (κ1) is 53.2. The number of rotatable bonds is 24. The summed E-state index contributed by atoms with van der Waals surface area (Å²) in [5.74, 6) is -5.46. The highest BCUT2D eigenvalue weighted by molar-refractivity contribution is 6.02. The molecule has 3 aliphatic heterocycles. The molecule has 3 atom stereocenters. The number of nitrogens with one attached hydrogen (secondary N) is 6. The van der Waals surface area contributed by atoms with Crippen molar-refractivity contribution in [3.8, 4) is 11.4 Å². The number of aryl methyl sites for hydroxylation is 1. The Hall–Kier alpha value is -8.12. The molecule has 1 fully saturated rings. The molecule has 5 heterocycles. The number of aromatic nitrogens is 2. The van der Waals surface area contributed by atoms with E-state index in [1.54, 1.807) is 50.2 Å². The van der Waals surface area contributed by atoms with Crippen LogP contribution in [0.25, 0.3) is 22.3 Å². The summed E-state index contributed by atoms with van der Waals surface area (Å²) in [7, 11) is 0.